The maximum atomic E-state index is 13.9. The molecular formula is C19H30FNO2. The van der Waals surface area contributed by atoms with E-state index in [1.807, 2.05) is 33.8 Å². The minimum Gasteiger partial charge on any atom is -0.491 e. The average molecular weight is 323 g/mol. The Morgan fingerprint density at radius 1 is 1.13 bits per heavy atom. The molecule has 1 rings (SSSR count). The number of hydrogen-bond donors (Lipinski definition) is 1. The fraction of sp³-hybridized carbons (Fsp3) is 0.632. The van der Waals surface area contributed by atoms with Crippen LogP contribution in [0.2, 0.25) is 0 Å². The SMILES string of the molecule is CC(C)C(=O)NCCCCCCOc1ccc(C(C)C)cc1F. The number of halogens is 1. The fourth-order valence-electron chi connectivity index (χ4n) is 2.17. The second-order valence-electron chi connectivity index (χ2n) is 6.55. The number of amides is 1. The molecule has 130 valence electrons. The van der Waals surface area contributed by atoms with Crippen LogP contribution >= 0.6 is 0 Å². The van der Waals surface area contributed by atoms with Crippen molar-refractivity contribution in [3.05, 3.63) is 29.6 Å². The molecule has 0 aliphatic heterocycles. The molecule has 1 amide bonds. The van der Waals surface area contributed by atoms with Gasteiger partial charge in [-0.3, -0.25) is 4.79 Å². The molecule has 1 N–H and O–H groups in total. The number of hydrogen-bond acceptors (Lipinski definition) is 2. The quantitative estimate of drug-likeness (QED) is 0.636. The molecule has 0 heterocycles. The van der Waals surface area contributed by atoms with Crippen LogP contribution < -0.4 is 10.1 Å². The molecule has 1 aromatic rings. The van der Waals surface area contributed by atoms with Gasteiger partial charge in [-0.1, -0.05) is 46.6 Å². The number of carbonyl (C=O) groups excluding carboxylic acids is 1. The molecule has 0 fully saturated rings. The second-order valence-corrected chi connectivity index (χ2v) is 6.55. The Balaban J connectivity index is 2.12. The third-order valence-electron chi connectivity index (χ3n) is 3.77. The van der Waals surface area contributed by atoms with Crippen molar-refractivity contribution in [3.8, 4) is 5.75 Å². The van der Waals surface area contributed by atoms with E-state index in [0.717, 1.165) is 37.8 Å². The largest absolute Gasteiger partial charge is 0.491 e. The highest BCUT2D eigenvalue weighted by Gasteiger charge is 2.07. The number of ether oxygens (including phenoxy) is 1. The molecule has 0 saturated heterocycles. The van der Waals surface area contributed by atoms with Crippen molar-refractivity contribution in [2.45, 2.75) is 59.3 Å². The van der Waals surface area contributed by atoms with Gasteiger partial charge < -0.3 is 10.1 Å². The predicted molar refractivity (Wildman–Crippen MR) is 92.3 cm³/mol. The van der Waals surface area contributed by atoms with Crippen molar-refractivity contribution in [3.63, 3.8) is 0 Å². The lowest BCUT2D eigenvalue weighted by atomic mass is 10.0. The van der Waals surface area contributed by atoms with Gasteiger partial charge in [0.1, 0.15) is 0 Å². The van der Waals surface area contributed by atoms with Crippen LogP contribution in [0.3, 0.4) is 0 Å². The van der Waals surface area contributed by atoms with Gasteiger partial charge in [0.05, 0.1) is 6.61 Å². The first-order chi connectivity index (χ1) is 10.9. The first kappa shape index (κ1) is 19.5. The lowest BCUT2D eigenvalue weighted by Crippen LogP contribution is -2.28. The second kappa shape index (κ2) is 10.2. The lowest BCUT2D eigenvalue weighted by Gasteiger charge is -2.10. The van der Waals surface area contributed by atoms with E-state index in [1.54, 1.807) is 12.1 Å². The van der Waals surface area contributed by atoms with Gasteiger partial charge in [-0.2, -0.15) is 0 Å². The molecule has 0 saturated carbocycles. The Morgan fingerprint density at radius 2 is 1.83 bits per heavy atom. The number of rotatable bonds is 10. The summed E-state index contributed by atoms with van der Waals surface area (Å²) in [5.74, 6) is 0.509. The van der Waals surface area contributed by atoms with Crippen LogP contribution in [-0.2, 0) is 4.79 Å². The van der Waals surface area contributed by atoms with E-state index < -0.39 is 0 Å². The minimum atomic E-state index is -0.285. The molecule has 0 radical (unpaired) electrons. The number of carbonyl (C=O) groups is 1. The summed E-state index contributed by atoms with van der Waals surface area (Å²) in [5, 5.41) is 2.90. The first-order valence-electron chi connectivity index (χ1n) is 8.61. The first-order valence-corrected chi connectivity index (χ1v) is 8.61. The van der Waals surface area contributed by atoms with E-state index in [9.17, 15) is 9.18 Å². The van der Waals surface area contributed by atoms with Crippen molar-refractivity contribution in [2.75, 3.05) is 13.2 Å². The summed E-state index contributed by atoms with van der Waals surface area (Å²) >= 11 is 0. The summed E-state index contributed by atoms with van der Waals surface area (Å²) < 4.78 is 19.4. The lowest BCUT2D eigenvalue weighted by molar-refractivity contribution is -0.123. The fourth-order valence-corrected chi connectivity index (χ4v) is 2.17. The molecule has 4 heteroatoms. The van der Waals surface area contributed by atoms with Crippen molar-refractivity contribution in [1.29, 1.82) is 0 Å². The third kappa shape index (κ3) is 7.49. The third-order valence-corrected chi connectivity index (χ3v) is 3.77. The van der Waals surface area contributed by atoms with Crippen molar-refractivity contribution >= 4 is 5.91 Å². The van der Waals surface area contributed by atoms with Gasteiger partial charge in [-0.05, 0) is 36.5 Å². The standard InChI is InChI=1S/C19H30FNO2/c1-14(2)16-9-10-18(17(20)13-16)23-12-8-6-5-7-11-21-19(22)15(3)4/h9-10,13-15H,5-8,11-12H2,1-4H3,(H,21,22). The molecule has 0 spiro atoms. The molecule has 0 unspecified atom stereocenters. The average Bonchev–Trinajstić information content (AvgIpc) is 2.50. The summed E-state index contributed by atoms with van der Waals surface area (Å²) in [4.78, 5) is 11.4. The molecule has 0 aromatic heterocycles. The minimum absolute atomic E-state index is 0.0420. The number of unbranched alkanes of at least 4 members (excludes halogenated alkanes) is 3. The van der Waals surface area contributed by atoms with E-state index in [2.05, 4.69) is 5.32 Å². The zero-order valence-electron chi connectivity index (χ0n) is 14.8. The summed E-state index contributed by atoms with van der Waals surface area (Å²) in [6.45, 7) is 9.11. The van der Waals surface area contributed by atoms with Crippen LogP contribution in [0.15, 0.2) is 18.2 Å². The zero-order chi connectivity index (χ0) is 17.2. The van der Waals surface area contributed by atoms with Crippen LogP contribution in [-0.4, -0.2) is 19.1 Å². The summed E-state index contributed by atoms with van der Waals surface area (Å²) in [6, 6.07) is 5.18. The highest BCUT2D eigenvalue weighted by molar-refractivity contribution is 5.77. The highest BCUT2D eigenvalue weighted by atomic mass is 19.1. The highest BCUT2D eigenvalue weighted by Crippen LogP contribution is 2.23. The van der Waals surface area contributed by atoms with E-state index >= 15 is 0 Å². The van der Waals surface area contributed by atoms with Gasteiger partial charge in [0.2, 0.25) is 5.91 Å². The van der Waals surface area contributed by atoms with Gasteiger partial charge in [0.25, 0.3) is 0 Å². The van der Waals surface area contributed by atoms with Crippen molar-refractivity contribution in [1.82, 2.24) is 5.32 Å². The number of nitrogens with one attached hydrogen (secondary N) is 1. The Kier molecular flexibility index (Phi) is 8.67. The van der Waals surface area contributed by atoms with E-state index in [4.69, 9.17) is 4.74 Å². The van der Waals surface area contributed by atoms with Crippen LogP contribution in [0.25, 0.3) is 0 Å². The Bertz CT molecular complexity index is 486. The molecule has 3 nitrogen and oxygen atoms in total. The molecule has 0 bridgehead atoms. The maximum Gasteiger partial charge on any atom is 0.222 e. The topological polar surface area (TPSA) is 38.3 Å². The van der Waals surface area contributed by atoms with Gasteiger partial charge >= 0.3 is 0 Å². The Morgan fingerprint density at radius 3 is 2.43 bits per heavy atom. The zero-order valence-corrected chi connectivity index (χ0v) is 14.8. The van der Waals surface area contributed by atoms with Crippen LogP contribution in [0, 0.1) is 11.7 Å². The Labute approximate surface area is 139 Å². The van der Waals surface area contributed by atoms with Crippen LogP contribution in [0.5, 0.6) is 5.75 Å². The van der Waals surface area contributed by atoms with Crippen molar-refractivity contribution < 1.29 is 13.9 Å². The molecular weight excluding hydrogens is 293 g/mol. The summed E-state index contributed by atoms with van der Waals surface area (Å²) in [5.41, 5.74) is 0.985. The smallest absolute Gasteiger partial charge is 0.222 e. The molecule has 0 aliphatic carbocycles. The summed E-state index contributed by atoms with van der Waals surface area (Å²) in [6.07, 6.45) is 3.92. The van der Waals surface area contributed by atoms with Gasteiger partial charge in [0.15, 0.2) is 11.6 Å². The molecule has 1 aromatic carbocycles. The van der Waals surface area contributed by atoms with Crippen LogP contribution in [0.4, 0.5) is 4.39 Å². The van der Waals surface area contributed by atoms with E-state index in [1.165, 1.54) is 0 Å². The van der Waals surface area contributed by atoms with Gasteiger partial charge in [0, 0.05) is 12.5 Å². The predicted octanol–water partition coefficient (Wildman–Crippen LogP) is 4.66. The van der Waals surface area contributed by atoms with E-state index in [0.29, 0.717) is 18.3 Å². The van der Waals surface area contributed by atoms with E-state index in [-0.39, 0.29) is 17.6 Å². The monoisotopic (exact) mass is 323 g/mol. The van der Waals surface area contributed by atoms with Gasteiger partial charge in [-0.15, -0.1) is 0 Å². The normalized spacial score (nSPS) is 11.1. The maximum absolute atomic E-state index is 13.9. The molecule has 0 atom stereocenters. The Hall–Kier alpha value is -1.58. The summed E-state index contributed by atoms with van der Waals surface area (Å²) in [7, 11) is 0. The van der Waals surface area contributed by atoms with Crippen LogP contribution in [0.1, 0.15) is 64.9 Å². The van der Waals surface area contributed by atoms with Gasteiger partial charge in [-0.25, -0.2) is 4.39 Å². The molecule has 23 heavy (non-hydrogen) atoms. The molecule has 0 aliphatic rings. The number of benzene rings is 1. The van der Waals surface area contributed by atoms with Crippen molar-refractivity contribution in [2.24, 2.45) is 5.92 Å².